The topological polar surface area (TPSA) is 86.8 Å². The van der Waals surface area contributed by atoms with E-state index in [1.165, 1.54) is 17.0 Å². The minimum atomic E-state index is -4.12. The number of carbonyl (C=O) groups is 2. The van der Waals surface area contributed by atoms with E-state index in [1.807, 2.05) is 20.8 Å². The maximum absolute atomic E-state index is 14.0. The normalized spacial score (nSPS) is 12.9. The van der Waals surface area contributed by atoms with Crippen LogP contribution < -0.4 is 9.62 Å². The summed E-state index contributed by atoms with van der Waals surface area (Å²) in [5.41, 5.74) is 1.72. The average molecular weight is 591 g/mol. The Labute approximate surface area is 240 Å². The van der Waals surface area contributed by atoms with Crippen molar-refractivity contribution in [2.75, 3.05) is 10.8 Å². The molecule has 0 fully saturated rings. The number of hydrogen-bond donors (Lipinski definition) is 1. The highest BCUT2D eigenvalue weighted by molar-refractivity contribution is 7.92. The first-order chi connectivity index (χ1) is 18.4. The Balaban J connectivity index is 2.05. The molecule has 3 aromatic carbocycles. The van der Waals surface area contributed by atoms with Gasteiger partial charge in [-0.15, -0.1) is 0 Å². The second kappa shape index (κ2) is 13.3. The van der Waals surface area contributed by atoms with Gasteiger partial charge in [-0.1, -0.05) is 72.1 Å². The Hall–Kier alpha value is -3.07. The van der Waals surface area contributed by atoms with Crippen LogP contribution in [-0.2, 0) is 26.2 Å². The lowest BCUT2D eigenvalue weighted by atomic mass is 10.1. The van der Waals surface area contributed by atoms with Crippen LogP contribution in [0.3, 0.4) is 0 Å². The minimum absolute atomic E-state index is 0.0432. The van der Waals surface area contributed by atoms with E-state index in [2.05, 4.69) is 5.32 Å². The number of halogens is 2. The fourth-order valence-electron chi connectivity index (χ4n) is 3.86. The van der Waals surface area contributed by atoms with E-state index >= 15 is 0 Å². The number of sulfonamides is 1. The molecule has 208 valence electrons. The van der Waals surface area contributed by atoms with E-state index in [0.717, 1.165) is 9.87 Å². The van der Waals surface area contributed by atoms with Gasteiger partial charge in [0.05, 0.1) is 10.6 Å². The summed E-state index contributed by atoms with van der Waals surface area (Å²) in [6.07, 6.45) is 0.708. The van der Waals surface area contributed by atoms with Crippen LogP contribution in [0.15, 0.2) is 77.7 Å². The van der Waals surface area contributed by atoms with Gasteiger partial charge < -0.3 is 10.2 Å². The van der Waals surface area contributed by atoms with Gasteiger partial charge in [0.15, 0.2) is 0 Å². The Kier molecular flexibility index (Phi) is 10.4. The van der Waals surface area contributed by atoms with Crippen molar-refractivity contribution in [3.63, 3.8) is 0 Å². The van der Waals surface area contributed by atoms with Crippen molar-refractivity contribution in [2.45, 2.75) is 57.6 Å². The molecule has 2 amide bonds. The van der Waals surface area contributed by atoms with Gasteiger partial charge in [-0.2, -0.15) is 0 Å². The second-order valence-corrected chi connectivity index (χ2v) is 12.1. The number of rotatable bonds is 11. The van der Waals surface area contributed by atoms with Gasteiger partial charge in [-0.3, -0.25) is 13.9 Å². The molecular weight excluding hydrogens is 557 g/mol. The number of nitrogens with zero attached hydrogens (tertiary/aromatic N) is 2. The Morgan fingerprint density at radius 2 is 1.49 bits per heavy atom. The summed E-state index contributed by atoms with van der Waals surface area (Å²) in [6, 6.07) is 18.7. The zero-order valence-corrected chi connectivity index (χ0v) is 24.7. The van der Waals surface area contributed by atoms with Crippen LogP contribution in [0.4, 0.5) is 5.69 Å². The van der Waals surface area contributed by atoms with Gasteiger partial charge >= 0.3 is 0 Å². The monoisotopic (exact) mass is 589 g/mol. The van der Waals surface area contributed by atoms with Crippen LogP contribution in [-0.4, -0.2) is 43.8 Å². The van der Waals surface area contributed by atoms with Crippen molar-refractivity contribution in [1.82, 2.24) is 10.2 Å². The Bertz CT molecular complexity index is 1380. The highest BCUT2D eigenvalue weighted by atomic mass is 35.5. The molecule has 0 heterocycles. The predicted octanol–water partition coefficient (Wildman–Crippen LogP) is 5.83. The summed E-state index contributed by atoms with van der Waals surface area (Å²) >= 11 is 12.8. The van der Waals surface area contributed by atoms with Gasteiger partial charge in [-0.25, -0.2) is 8.42 Å². The van der Waals surface area contributed by atoms with Crippen LogP contribution in [0.2, 0.25) is 10.0 Å². The smallest absolute Gasteiger partial charge is 0.264 e. The summed E-state index contributed by atoms with van der Waals surface area (Å²) in [5.74, 6) is -0.952. The summed E-state index contributed by atoms with van der Waals surface area (Å²) in [6.45, 7) is 6.67. The van der Waals surface area contributed by atoms with Crippen molar-refractivity contribution in [2.24, 2.45) is 0 Å². The van der Waals surface area contributed by atoms with E-state index in [9.17, 15) is 18.0 Å². The van der Waals surface area contributed by atoms with Crippen molar-refractivity contribution < 1.29 is 18.0 Å². The standard InChI is InChI=1S/C29H33Cl2N3O4S/c1-5-21(3)32-29(36)22(4)33(18-25-26(30)12-9-13-27(25)31)28(35)19-34(23-16-14-20(2)15-17-23)39(37,38)24-10-7-6-8-11-24/h6-17,21-22H,5,18-19H2,1-4H3,(H,32,36)/t21-,22-/m1/s1. The van der Waals surface area contributed by atoms with Crippen LogP contribution >= 0.6 is 23.2 Å². The lowest BCUT2D eigenvalue weighted by Crippen LogP contribution is -2.52. The third kappa shape index (κ3) is 7.53. The third-order valence-corrected chi connectivity index (χ3v) is 8.99. The van der Waals surface area contributed by atoms with Gasteiger partial charge in [0.2, 0.25) is 11.8 Å². The summed E-state index contributed by atoms with van der Waals surface area (Å²) < 4.78 is 28.6. The maximum Gasteiger partial charge on any atom is 0.264 e. The fourth-order valence-corrected chi connectivity index (χ4v) is 5.81. The van der Waals surface area contributed by atoms with Crippen LogP contribution in [0.5, 0.6) is 0 Å². The lowest BCUT2D eigenvalue weighted by molar-refractivity contribution is -0.139. The Morgan fingerprint density at radius 3 is 2.05 bits per heavy atom. The van der Waals surface area contributed by atoms with Crippen LogP contribution in [0.25, 0.3) is 0 Å². The zero-order chi connectivity index (χ0) is 28.7. The molecule has 3 rings (SSSR count). The van der Waals surface area contributed by atoms with Crippen molar-refractivity contribution in [3.05, 3.63) is 94.0 Å². The number of anilines is 1. The van der Waals surface area contributed by atoms with Crippen molar-refractivity contribution in [3.8, 4) is 0 Å². The average Bonchev–Trinajstić information content (AvgIpc) is 2.92. The van der Waals surface area contributed by atoms with Gasteiger partial charge in [0.1, 0.15) is 12.6 Å². The first-order valence-electron chi connectivity index (χ1n) is 12.6. The van der Waals surface area contributed by atoms with Crippen LogP contribution in [0, 0.1) is 6.92 Å². The van der Waals surface area contributed by atoms with Gasteiger partial charge in [0, 0.05) is 28.2 Å². The maximum atomic E-state index is 14.0. The number of amides is 2. The van der Waals surface area contributed by atoms with Crippen molar-refractivity contribution in [1.29, 1.82) is 0 Å². The zero-order valence-electron chi connectivity index (χ0n) is 22.4. The van der Waals surface area contributed by atoms with Crippen molar-refractivity contribution >= 4 is 50.7 Å². The highest BCUT2D eigenvalue weighted by Gasteiger charge is 2.33. The highest BCUT2D eigenvalue weighted by Crippen LogP contribution is 2.28. The van der Waals surface area contributed by atoms with E-state index in [-0.39, 0.29) is 23.4 Å². The molecule has 0 aliphatic heterocycles. The molecule has 1 N–H and O–H groups in total. The summed E-state index contributed by atoms with van der Waals surface area (Å²) in [5, 5.41) is 3.57. The quantitative estimate of drug-likeness (QED) is 0.305. The molecule has 7 nitrogen and oxygen atoms in total. The summed E-state index contributed by atoms with van der Waals surface area (Å²) in [7, 11) is -4.12. The largest absolute Gasteiger partial charge is 0.352 e. The molecule has 0 saturated carbocycles. The number of hydrogen-bond acceptors (Lipinski definition) is 4. The molecule has 0 aliphatic carbocycles. The first-order valence-corrected chi connectivity index (χ1v) is 14.8. The van der Waals surface area contributed by atoms with E-state index in [0.29, 0.717) is 27.7 Å². The number of nitrogens with one attached hydrogen (secondary N) is 1. The number of aryl methyl sites for hydroxylation is 1. The fraction of sp³-hybridized carbons (Fsp3) is 0.310. The SMILES string of the molecule is CC[C@@H](C)NC(=O)[C@@H](C)N(Cc1c(Cl)cccc1Cl)C(=O)CN(c1ccc(C)cc1)S(=O)(=O)c1ccccc1. The van der Waals surface area contributed by atoms with E-state index in [1.54, 1.807) is 67.6 Å². The molecule has 0 aliphatic rings. The third-order valence-electron chi connectivity index (χ3n) is 6.49. The van der Waals surface area contributed by atoms with Crippen LogP contribution in [0.1, 0.15) is 38.3 Å². The molecule has 2 atom stereocenters. The molecule has 0 radical (unpaired) electrons. The molecule has 0 unspecified atom stereocenters. The molecule has 3 aromatic rings. The molecular formula is C29H33Cl2N3O4S. The minimum Gasteiger partial charge on any atom is -0.352 e. The first kappa shape index (κ1) is 30.5. The summed E-state index contributed by atoms with van der Waals surface area (Å²) in [4.78, 5) is 28.4. The molecule has 0 bridgehead atoms. The molecule has 0 saturated heterocycles. The van der Waals surface area contributed by atoms with E-state index in [4.69, 9.17) is 23.2 Å². The molecule has 0 aromatic heterocycles. The second-order valence-electron chi connectivity index (χ2n) is 9.38. The van der Waals surface area contributed by atoms with Gasteiger partial charge in [-0.05, 0) is 63.6 Å². The number of benzene rings is 3. The Morgan fingerprint density at radius 1 is 0.897 bits per heavy atom. The molecule has 10 heteroatoms. The lowest BCUT2D eigenvalue weighted by Gasteiger charge is -2.32. The number of carbonyl (C=O) groups excluding carboxylic acids is 2. The predicted molar refractivity (Wildman–Crippen MR) is 157 cm³/mol. The van der Waals surface area contributed by atoms with Gasteiger partial charge in [0.25, 0.3) is 10.0 Å². The molecule has 0 spiro atoms. The molecule has 39 heavy (non-hydrogen) atoms. The van der Waals surface area contributed by atoms with E-state index < -0.39 is 28.5 Å².